The van der Waals surface area contributed by atoms with Crippen LogP contribution >= 0.6 is 0 Å². The molecule has 4 aromatic rings. The lowest BCUT2D eigenvalue weighted by Gasteiger charge is -2.11. The van der Waals surface area contributed by atoms with Crippen molar-refractivity contribution in [3.63, 3.8) is 0 Å². The molecule has 1 N–H and O–H groups in total. The smallest absolute Gasteiger partial charge is 0.266 e. The van der Waals surface area contributed by atoms with Crippen LogP contribution in [0.3, 0.4) is 0 Å². The van der Waals surface area contributed by atoms with E-state index in [2.05, 4.69) is 15.0 Å². The van der Waals surface area contributed by atoms with E-state index >= 15 is 0 Å². The summed E-state index contributed by atoms with van der Waals surface area (Å²) in [6.07, 6.45) is 3.44. The van der Waals surface area contributed by atoms with Crippen molar-refractivity contribution in [2.24, 2.45) is 0 Å². The minimum absolute atomic E-state index is 0.0204. The predicted molar refractivity (Wildman–Crippen MR) is 105 cm³/mol. The normalized spacial score (nSPS) is 13.0. The molecule has 0 unspecified atom stereocenters. The maximum absolute atomic E-state index is 13.7. The Bertz CT molecular complexity index is 1380. The quantitative estimate of drug-likeness (QED) is 0.480. The van der Waals surface area contributed by atoms with Crippen LogP contribution in [-0.4, -0.2) is 37.3 Å². The van der Waals surface area contributed by atoms with Crippen LogP contribution in [0.1, 0.15) is 5.56 Å². The summed E-state index contributed by atoms with van der Waals surface area (Å²) in [6, 6.07) is 6.65. The highest BCUT2D eigenvalue weighted by atomic mass is 32.2. The minimum Gasteiger partial charge on any atom is -0.495 e. The summed E-state index contributed by atoms with van der Waals surface area (Å²) < 4.78 is 65.2. The zero-order valence-electron chi connectivity index (χ0n) is 16.0. The number of methoxy groups -OCH3 is 1. The Hall–Kier alpha value is -3.80. The highest BCUT2D eigenvalue weighted by Gasteiger charge is 2.30. The molecule has 1 aliphatic heterocycles. The van der Waals surface area contributed by atoms with Crippen molar-refractivity contribution in [2.45, 2.75) is 11.4 Å². The van der Waals surface area contributed by atoms with E-state index in [1.807, 2.05) is 0 Å². The molecule has 10 nitrogen and oxygen atoms in total. The van der Waals surface area contributed by atoms with Crippen LogP contribution in [0.2, 0.25) is 0 Å². The van der Waals surface area contributed by atoms with Gasteiger partial charge in [0.1, 0.15) is 21.8 Å². The van der Waals surface area contributed by atoms with Gasteiger partial charge < -0.3 is 18.7 Å². The first-order valence-electron chi connectivity index (χ1n) is 9.01. The van der Waals surface area contributed by atoms with Crippen molar-refractivity contribution in [1.29, 1.82) is 0 Å². The second kappa shape index (κ2) is 7.16. The molecule has 2 aromatic heterocycles. The van der Waals surface area contributed by atoms with Gasteiger partial charge >= 0.3 is 0 Å². The molecule has 0 amide bonds. The number of benzene rings is 2. The van der Waals surface area contributed by atoms with E-state index in [0.29, 0.717) is 18.0 Å². The molecule has 0 atom stereocenters. The summed E-state index contributed by atoms with van der Waals surface area (Å²) in [4.78, 5) is -0.379. The van der Waals surface area contributed by atoms with E-state index in [4.69, 9.17) is 18.7 Å². The van der Waals surface area contributed by atoms with Crippen LogP contribution in [0.15, 0.2) is 52.1 Å². The summed E-state index contributed by atoms with van der Waals surface area (Å²) in [5, 5.41) is 8.30. The second-order valence-corrected chi connectivity index (χ2v) is 8.26. The van der Waals surface area contributed by atoms with Crippen molar-refractivity contribution in [2.75, 3.05) is 18.6 Å². The summed E-state index contributed by atoms with van der Waals surface area (Å²) in [6.45, 7) is 0.340. The van der Waals surface area contributed by atoms with Crippen molar-refractivity contribution in [1.82, 2.24) is 14.9 Å². The Morgan fingerprint density at radius 3 is 2.87 bits per heavy atom. The predicted octanol–water partition coefficient (Wildman–Crippen LogP) is 2.75. The van der Waals surface area contributed by atoms with Gasteiger partial charge in [-0.2, -0.15) is 5.10 Å². The molecule has 5 rings (SSSR count). The number of fused-ring (bicyclic) bond motifs is 3. The Labute approximate surface area is 175 Å². The molecule has 2 aromatic carbocycles. The number of hydrogen-bond acceptors (Lipinski definition) is 8. The number of ether oxygens (including phenoxy) is 3. The molecular weight excluding hydrogens is 431 g/mol. The highest BCUT2D eigenvalue weighted by Crippen LogP contribution is 2.46. The molecule has 0 bridgehead atoms. The summed E-state index contributed by atoms with van der Waals surface area (Å²) >= 11 is 0. The molecule has 3 heterocycles. The van der Waals surface area contributed by atoms with E-state index in [1.165, 1.54) is 13.2 Å². The number of sulfonamides is 1. The van der Waals surface area contributed by atoms with Gasteiger partial charge in [0.05, 0.1) is 13.7 Å². The van der Waals surface area contributed by atoms with Gasteiger partial charge in [0.25, 0.3) is 10.0 Å². The maximum atomic E-state index is 13.7. The van der Waals surface area contributed by atoms with E-state index in [0.717, 1.165) is 17.7 Å². The summed E-state index contributed by atoms with van der Waals surface area (Å²) in [5.41, 5.74) is 1.01. The zero-order chi connectivity index (χ0) is 21.6. The molecule has 12 heteroatoms. The van der Waals surface area contributed by atoms with Gasteiger partial charge in [-0.3, -0.25) is 9.40 Å². The van der Waals surface area contributed by atoms with Crippen LogP contribution in [-0.2, 0) is 16.6 Å². The van der Waals surface area contributed by atoms with Crippen LogP contribution in [0.5, 0.6) is 17.2 Å². The van der Waals surface area contributed by atoms with Crippen LogP contribution in [0.4, 0.5) is 10.2 Å². The average molecular weight is 446 g/mol. The number of rotatable bonds is 6. The van der Waals surface area contributed by atoms with Crippen LogP contribution in [0, 0.1) is 5.82 Å². The van der Waals surface area contributed by atoms with Gasteiger partial charge in [-0.25, -0.2) is 12.8 Å². The Morgan fingerprint density at radius 2 is 2.10 bits per heavy atom. The fourth-order valence-corrected chi connectivity index (χ4v) is 4.53. The van der Waals surface area contributed by atoms with E-state index in [-0.39, 0.29) is 34.2 Å². The van der Waals surface area contributed by atoms with Gasteiger partial charge in [0, 0.05) is 18.0 Å². The standard InChI is InChI=1S/C19H15FN4O6S/c1-27-13-4-3-12(20)8-15(13)31(25,26)23-19-16-14(30-22-19)7-11(9-24-6-2-5-21-24)17-18(16)29-10-28-17/h2-8H,9-10H2,1H3,(H,22,23). The summed E-state index contributed by atoms with van der Waals surface area (Å²) in [7, 11) is -2.97. The fraction of sp³-hybridized carbons (Fsp3) is 0.158. The number of nitrogens with zero attached hydrogens (tertiary/aromatic N) is 3. The monoisotopic (exact) mass is 446 g/mol. The molecule has 0 saturated heterocycles. The lowest BCUT2D eigenvalue weighted by Crippen LogP contribution is -2.15. The molecular formula is C19H15FN4O6S. The maximum Gasteiger partial charge on any atom is 0.266 e. The Kier molecular flexibility index (Phi) is 4.43. The van der Waals surface area contributed by atoms with E-state index < -0.39 is 15.8 Å². The van der Waals surface area contributed by atoms with Gasteiger partial charge in [-0.15, -0.1) is 0 Å². The molecule has 1 aliphatic rings. The first kappa shape index (κ1) is 19.2. The van der Waals surface area contributed by atoms with Gasteiger partial charge in [-0.1, -0.05) is 5.16 Å². The van der Waals surface area contributed by atoms with Gasteiger partial charge in [-0.05, 0) is 30.3 Å². The van der Waals surface area contributed by atoms with E-state index in [1.54, 1.807) is 29.2 Å². The highest BCUT2D eigenvalue weighted by molar-refractivity contribution is 7.92. The largest absolute Gasteiger partial charge is 0.495 e. The van der Waals surface area contributed by atoms with Crippen molar-refractivity contribution >= 4 is 26.8 Å². The zero-order valence-corrected chi connectivity index (χ0v) is 16.8. The minimum atomic E-state index is -4.26. The Morgan fingerprint density at radius 1 is 1.26 bits per heavy atom. The number of hydrogen-bond donors (Lipinski definition) is 1. The molecule has 0 radical (unpaired) electrons. The third-order valence-corrected chi connectivity index (χ3v) is 6.05. The lowest BCUT2D eigenvalue weighted by atomic mass is 10.1. The first-order chi connectivity index (χ1) is 15.0. The van der Waals surface area contributed by atoms with Crippen molar-refractivity contribution in [3.05, 3.63) is 54.1 Å². The average Bonchev–Trinajstić information content (AvgIpc) is 3.49. The molecule has 31 heavy (non-hydrogen) atoms. The van der Waals surface area contributed by atoms with Gasteiger partial charge in [0.2, 0.25) is 6.79 Å². The number of anilines is 1. The van der Waals surface area contributed by atoms with E-state index in [9.17, 15) is 12.8 Å². The fourth-order valence-electron chi connectivity index (χ4n) is 3.35. The van der Waals surface area contributed by atoms with Crippen LogP contribution in [0.25, 0.3) is 11.0 Å². The molecule has 0 aliphatic carbocycles. The number of halogens is 1. The molecule has 160 valence electrons. The molecule has 0 spiro atoms. The second-order valence-electron chi connectivity index (χ2n) is 6.61. The lowest BCUT2D eigenvalue weighted by molar-refractivity contribution is 0.174. The van der Waals surface area contributed by atoms with Crippen molar-refractivity contribution < 1.29 is 31.5 Å². The molecule has 0 saturated carbocycles. The molecule has 0 fully saturated rings. The van der Waals surface area contributed by atoms with Gasteiger partial charge in [0.15, 0.2) is 22.9 Å². The summed E-state index contributed by atoms with van der Waals surface area (Å²) in [5.74, 6) is -0.131. The van der Waals surface area contributed by atoms with Crippen molar-refractivity contribution in [3.8, 4) is 17.2 Å². The van der Waals surface area contributed by atoms with Crippen LogP contribution < -0.4 is 18.9 Å². The third kappa shape index (κ3) is 3.30. The Balaban J connectivity index is 1.58. The number of nitrogens with one attached hydrogen (secondary N) is 1. The number of aromatic nitrogens is 3. The SMILES string of the molecule is COc1ccc(F)cc1S(=O)(=O)Nc1noc2cc(Cn3cccn3)c3c(c12)OCO3. The third-order valence-electron chi connectivity index (χ3n) is 4.69. The first-order valence-corrected chi connectivity index (χ1v) is 10.5. The topological polar surface area (TPSA) is 118 Å².